The van der Waals surface area contributed by atoms with Gasteiger partial charge in [0.2, 0.25) is 0 Å². The van der Waals surface area contributed by atoms with Crippen LogP contribution in [0.2, 0.25) is 0 Å². The number of hydrogen-bond donors (Lipinski definition) is 2. The van der Waals surface area contributed by atoms with Crippen molar-refractivity contribution in [3.8, 4) is 0 Å². The van der Waals surface area contributed by atoms with Crippen LogP contribution in [0.15, 0.2) is 12.4 Å². The zero-order valence-electron chi connectivity index (χ0n) is 15.4. The number of carbonyl (C=O) groups is 1. The van der Waals surface area contributed by atoms with Crippen LogP contribution in [0.5, 0.6) is 0 Å². The molecule has 3 heterocycles. The van der Waals surface area contributed by atoms with Crippen molar-refractivity contribution in [2.24, 2.45) is 7.05 Å². The number of amides is 2. The summed E-state index contributed by atoms with van der Waals surface area (Å²) in [6.07, 6.45) is 8.80. The van der Waals surface area contributed by atoms with E-state index in [4.69, 9.17) is 0 Å². The monoisotopic (exact) mass is 344 g/mol. The SMILES string of the molecule is Cc1n[nH]c(C)c1[C@H]1CCCCCN1C(=O)NCCc1nccn1C. The van der Waals surface area contributed by atoms with Crippen LogP contribution in [0.3, 0.4) is 0 Å². The molecule has 0 saturated carbocycles. The van der Waals surface area contributed by atoms with Crippen LogP contribution in [-0.4, -0.2) is 43.8 Å². The van der Waals surface area contributed by atoms with E-state index in [9.17, 15) is 4.79 Å². The Hall–Kier alpha value is -2.31. The van der Waals surface area contributed by atoms with Crippen LogP contribution < -0.4 is 5.32 Å². The minimum atomic E-state index is 0.0149. The molecule has 2 N–H and O–H groups in total. The molecule has 7 nitrogen and oxygen atoms in total. The molecule has 0 unspecified atom stereocenters. The van der Waals surface area contributed by atoms with Gasteiger partial charge in [-0.2, -0.15) is 5.10 Å². The molecule has 136 valence electrons. The number of rotatable bonds is 4. The van der Waals surface area contributed by atoms with Gasteiger partial charge < -0.3 is 14.8 Å². The highest BCUT2D eigenvalue weighted by Gasteiger charge is 2.29. The first-order chi connectivity index (χ1) is 12.1. The summed E-state index contributed by atoms with van der Waals surface area (Å²) >= 11 is 0. The van der Waals surface area contributed by atoms with E-state index in [1.54, 1.807) is 6.20 Å². The van der Waals surface area contributed by atoms with Gasteiger partial charge in [0, 0.05) is 50.2 Å². The van der Waals surface area contributed by atoms with Gasteiger partial charge in [0.15, 0.2) is 0 Å². The second-order valence-corrected chi connectivity index (χ2v) is 6.84. The normalized spacial score (nSPS) is 18.2. The average molecular weight is 344 g/mol. The molecule has 0 aromatic carbocycles. The van der Waals surface area contributed by atoms with E-state index in [2.05, 4.69) is 20.5 Å². The van der Waals surface area contributed by atoms with Crippen molar-refractivity contribution in [2.45, 2.75) is 52.0 Å². The fraction of sp³-hybridized carbons (Fsp3) is 0.611. The van der Waals surface area contributed by atoms with E-state index in [-0.39, 0.29) is 12.1 Å². The van der Waals surface area contributed by atoms with Crippen molar-refractivity contribution >= 4 is 6.03 Å². The van der Waals surface area contributed by atoms with Crippen LogP contribution in [-0.2, 0) is 13.5 Å². The van der Waals surface area contributed by atoms with Gasteiger partial charge in [-0.25, -0.2) is 9.78 Å². The number of aromatic amines is 1. The maximum absolute atomic E-state index is 12.8. The number of aromatic nitrogens is 4. The predicted molar refractivity (Wildman–Crippen MR) is 96.3 cm³/mol. The molecule has 0 spiro atoms. The fourth-order valence-corrected chi connectivity index (χ4v) is 3.72. The van der Waals surface area contributed by atoms with Gasteiger partial charge in [-0.05, 0) is 26.7 Å². The molecule has 1 saturated heterocycles. The lowest BCUT2D eigenvalue weighted by Crippen LogP contribution is -2.43. The summed E-state index contributed by atoms with van der Waals surface area (Å²) < 4.78 is 1.99. The number of carbonyl (C=O) groups excluding carboxylic acids is 1. The van der Waals surface area contributed by atoms with Crippen LogP contribution >= 0.6 is 0 Å². The summed E-state index contributed by atoms with van der Waals surface area (Å²) in [7, 11) is 1.97. The molecule has 0 bridgehead atoms. The third kappa shape index (κ3) is 3.86. The van der Waals surface area contributed by atoms with Crippen molar-refractivity contribution < 1.29 is 4.79 Å². The van der Waals surface area contributed by atoms with Gasteiger partial charge >= 0.3 is 6.03 Å². The molecule has 2 aromatic heterocycles. The number of imidazole rings is 1. The van der Waals surface area contributed by atoms with E-state index in [0.717, 1.165) is 49.4 Å². The molecule has 1 atom stereocenters. The highest BCUT2D eigenvalue weighted by molar-refractivity contribution is 5.75. The molecule has 2 amide bonds. The Morgan fingerprint density at radius 3 is 2.88 bits per heavy atom. The Morgan fingerprint density at radius 1 is 1.36 bits per heavy atom. The van der Waals surface area contributed by atoms with Gasteiger partial charge in [-0.3, -0.25) is 5.10 Å². The van der Waals surface area contributed by atoms with E-state index in [0.29, 0.717) is 6.54 Å². The summed E-state index contributed by atoms with van der Waals surface area (Å²) in [6.45, 7) is 5.44. The number of nitrogens with one attached hydrogen (secondary N) is 2. The van der Waals surface area contributed by atoms with Crippen molar-refractivity contribution in [1.82, 2.24) is 30.0 Å². The van der Waals surface area contributed by atoms with Gasteiger partial charge in [0.25, 0.3) is 0 Å². The lowest BCUT2D eigenvalue weighted by molar-refractivity contribution is 0.175. The highest BCUT2D eigenvalue weighted by Crippen LogP contribution is 2.33. The Bertz CT molecular complexity index is 699. The molecular weight excluding hydrogens is 316 g/mol. The van der Waals surface area contributed by atoms with Crippen LogP contribution in [0, 0.1) is 13.8 Å². The predicted octanol–water partition coefficient (Wildman–Crippen LogP) is 2.63. The molecule has 0 radical (unpaired) electrons. The first-order valence-electron chi connectivity index (χ1n) is 9.10. The van der Waals surface area contributed by atoms with Crippen LogP contribution in [0.4, 0.5) is 4.79 Å². The van der Waals surface area contributed by atoms with E-state index in [1.807, 2.05) is 36.6 Å². The summed E-state index contributed by atoms with van der Waals surface area (Å²) in [5.74, 6) is 0.981. The zero-order valence-corrected chi connectivity index (χ0v) is 15.4. The highest BCUT2D eigenvalue weighted by atomic mass is 16.2. The maximum atomic E-state index is 12.8. The van der Waals surface area contributed by atoms with E-state index in [1.165, 1.54) is 12.0 Å². The summed E-state index contributed by atoms with van der Waals surface area (Å²) in [6, 6.07) is 0.121. The van der Waals surface area contributed by atoms with Gasteiger partial charge in [0.1, 0.15) is 5.82 Å². The van der Waals surface area contributed by atoms with E-state index < -0.39 is 0 Å². The number of hydrogen-bond acceptors (Lipinski definition) is 3. The lowest BCUT2D eigenvalue weighted by atomic mass is 9.99. The maximum Gasteiger partial charge on any atom is 0.317 e. The topological polar surface area (TPSA) is 78.8 Å². The largest absolute Gasteiger partial charge is 0.338 e. The number of urea groups is 1. The average Bonchev–Trinajstić information content (AvgIpc) is 3.04. The second-order valence-electron chi connectivity index (χ2n) is 6.84. The molecule has 1 aliphatic rings. The molecule has 3 rings (SSSR count). The number of likely N-dealkylation sites (tertiary alicyclic amines) is 1. The van der Waals surface area contributed by atoms with Gasteiger partial charge in [-0.15, -0.1) is 0 Å². The summed E-state index contributed by atoms with van der Waals surface area (Å²) in [4.78, 5) is 19.2. The minimum Gasteiger partial charge on any atom is -0.338 e. The van der Waals surface area contributed by atoms with Crippen LogP contribution in [0.1, 0.15) is 54.5 Å². The molecule has 25 heavy (non-hydrogen) atoms. The Labute approximate surface area is 148 Å². The Balaban J connectivity index is 1.68. The fourth-order valence-electron chi connectivity index (χ4n) is 3.72. The smallest absolute Gasteiger partial charge is 0.317 e. The number of aryl methyl sites for hydroxylation is 3. The van der Waals surface area contributed by atoms with Gasteiger partial charge in [-0.1, -0.05) is 12.8 Å². The zero-order chi connectivity index (χ0) is 17.8. The summed E-state index contributed by atoms with van der Waals surface area (Å²) in [5, 5.41) is 10.5. The number of nitrogens with zero attached hydrogens (tertiary/aromatic N) is 4. The molecule has 2 aromatic rings. The van der Waals surface area contributed by atoms with Crippen LogP contribution in [0.25, 0.3) is 0 Å². The molecular formula is C18H28N6O. The molecule has 1 fully saturated rings. The second kappa shape index (κ2) is 7.72. The lowest BCUT2D eigenvalue weighted by Gasteiger charge is -2.30. The Kier molecular flexibility index (Phi) is 5.40. The third-order valence-electron chi connectivity index (χ3n) is 5.08. The summed E-state index contributed by atoms with van der Waals surface area (Å²) in [5.41, 5.74) is 3.24. The van der Waals surface area contributed by atoms with Crippen molar-refractivity contribution in [3.05, 3.63) is 35.2 Å². The first kappa shape index (κ1) is 17.5. The van der Waals surface area contributed by atoms with Crippen molar-refractivity contribution in [3.63, 3.8) is 0 Å². The minimum absolute atomic E-state index is 0.0149. The van der Waals surface area contributed by atoms with Crippen molar-refractivity contribution in [2.75, 3.05) is 13.1 Å². The van der Waals surface area contributed by atoms with E-state index >= 15 is 0 Å². The Morgan fingerprint density at radius 2 is 2.20 bits per heavy atom. The quantitative estimate of drug-likeness (QED) is 0.895. The molecule has 0 aliphatic carbocycles. The first-order valence-corrected chi connectivity index (χ1v) is 9.10. The van der Waals surface area contributed by atoms with Gasteiger partial charge in [0.05, 0.1) is 11.7 Å². The standard InChI is InChI=1S/C18H28N6O/c1-13-17(14(2)22-21-13)15-7-5-4-6-11-24(15)18(25)20-9-8-16-19-10-12-23(16)3/h10,12,15H,4-9,11H2,1-3H3,(H,20,25)(H,21,22)/t15-/m1/s1. The molecule has 1 aliphatic heterocycles. The molecule has 7 heteroatoms. The number of H-pyrrole nitrogens is 1. The third-order valence-corrected chi connectivity index (χ3v) is 5.08. The van der Waals surface area contributed by atoms with Crippen molar-refractivity contribution in [1.29, 1.82) is 0 Å².